The summed E-state index contributed by atoms with van der Waals surface area (Å²) in [5.41, 5.74) is 3.14. The van der Waals surface area contributed by atoms with Crippen LogP contribution < -0.4 is 5.32 Å². The Labute approximate surface area is 169 Å². The predicted octanol–water partition coefficient (Wildman–Crippen LogP) is 3.42. The van der Waals surface area contributed by atoms with E-state index in [4.69, 9.17) is 9.47 Å². The van der Waals surface area contributed by atoms with Crippen LogP contribution in [0.5, 0.6) is 0 Å². The molecule has 0 spiro atoms. The first-order valence-electron chi connectivity index (χ1n) is 9.74. The predicted molar refractivity (Wildman–Crippen MR) is 111 cm³/mol. The van der Waals surface area contributed by atoms with Gasteiger partial charge in [-0.05, 0) is 12.1 Å². The average Bonchev–Trinajstić information content (AvgIpc) is 3.19. The van der Waals surface area contributed by atoms with Gasteiger partial charge in [0.2, 0.25) is 0 Å². The normalized spacial score (nSPS) is 14.5. The number of hydrogen-bond donors (Lipinski definition) is 1. The van der Waals surface area contributed by atoms with Crippen LogP contribution in [-0.2, 0) is 9.47 Å². The highest BCUT2D eigenvalue weighted by molar-refractivity contribution is 5.90. The van der Waals surface area contributed by atoms with Gasteiger partial charge in [-0.3, -0.25) is 10.2 Å². The van der Waals surface area contributed by atoms with E-state index < -0.39 is 6.09 Å². The minimum Gasteiger partial charge on any atom is -0.448 e. The zero-order chi connectivity index (χ0) is 19.9. The van der Waals surface area contributed by atoms with Crippen LogP contribution >= 0.6 is 0 Å². The molecule has 0 radical (unpaired) electrons. The fourth-order valence-electron chi connectivity index (χ4n) is 3.23. The van der Waals surface area contributed by atoms with Crippen LogP contribution in [0.25, 0.3) is 16.9 Å². The van der Waals surface area contributed by atoms with Crippen molar-refractivity contribution in [3.63, 3.8) is 0 Å². The van der Waals surface area contributed by atoms with Crippen molar-refractivity contribution in [2.24, 2.45) is 0 Å². The zero-order valence-corrected chi connectivity index (χ0v) is 16.2. The number of carbonyl (C=O) groups is 1. The Morgan fingerprint density at radius 3 is 2.45 bits per heavy atom. The largest absolute Gasteiger partial charge is 0.448 e. The Hall–Kier alpha value is -3.16. The number of aromatic nitrogens is 2. The van der Waals surface area contributed by atoms with E-state index >= 15 is 0 Å². The maximum absolute atomic E-state index is 12.4. The van der Waals surface area contributed by atoms with E-state index in [-0.39, 0.29) is 0 Å². The first kappa shape index (κ1) is 19.2. The molecule has 0 saturated carbocycles. The van der Waals surface area contributed by atoms with Gasteiger partial charge in [0.15, 0.2) is 0 Å². The van der Waals surface area contributed by atoms with E-state index in [9.17, 15) is 4.79 Å². The van der Waals surface area contributed by atoms with E-state index in [1.807, 2.05) is 60.7 Å². The molecule has 4 rings (SSSR count). The molecule has 0 atom stereocenters. The minimum absolute atomic E-state index is 0.333. The van der Waals surface area contributed by atoms with Gasteiger partial charge in [0.25, 0.3) is 0 Å². The third-order valence-electron chi connectivity index (χ3n) is 4.76. The number of nitrogens with one attached hydrogen (secondary N) is 1. The maximum Gasteiger partial charge on any atom is 0.411 e. The number of benzene rings is 2. The van der Waals surface area contributed by atoms with Crippen molar-refractivity contribution in [3.05, 3.63) is 66.9 Å². The molecule has 1 saturated heterocycles. The number of rotatable bonds is 6. The fourth-order valence-corrected chi connectivity index (χ4v) is 3.23. The molecule has 150 valence electrons. The van der Waals surface area contributed by atoms with E-state index in [2.05, 4.69) is 15.3 Å². The highest BCUT2D eigenvalue weighted by atomic mass is 16.5. The molecule has 2 aromatic carbocycles. The summed E-state index contributed by atoms with van der Waals surface area (Å²) in [6, 6.07) is 19.6. The lowest BCUT2D eigenvalue weighted by atomic mass is 10.1. The van der Waals surface area contributed by atoms with Gasteiger partial charge in [0, 0.05) is 25.2 Å². The molecular weight excluding hydrogens is 368 g/mol. The summed E-state index contributed by atoms with van der Waals surface area (Å²) in [6.07, 6.45) is 1.32. The molecule has 0 bridgehead atoms. The van der Waals surface area contributed by atoms with E-state index in [1.165, 1.54) is 0 Å². The van der Waals surface area contributed by atoms with Crippen molar-refractivity contribution in [1.82, 2.24) is 14.7 Å². The fraction of sp³-hybridized carbons (Fsp3) is 0.273. The quantitative estimate of drug-likeness (QED) is 0.696. The van der Waals surface area contributed by atoms with Crippen LogP contribution in [0.4, 0.5) is 10.5 Å². The number of carbonyl (C=O) groups excluding carboxylic acids is 1. The van der Waals surface area contributed by atoms with Gasteiger partial charge in [0.05, 0.1) is 30.8 Å². The standard InChI is InChI=1S/C22H24N4O3/c27-22(29-16-13-25-11-14-28-15-12-25)23-20-17-26(19-9-5-2-6-10-19)24-21(20)18-7-3-1-4-8-18/h1-10,17H,11-16H2,(H,23,27). The minimum atomic E-state index is -0.483. The number of para-hydroxylation sites is 1. The second-order valence-electron chi connectivity index (χ2n) is 6.75. The number of amides is 1. The number of morpholine rings is 1. The summed E-state index contributed by atoms with van der Waals surface area (Å²) < 4.78 is 12.5. The molecule has 1 amide bonds. The summed E-state index contributed by atoms with van der Waals surface area (Å²) >= 11 is 0. The number of hydrogen-bond acceptors (Lipinski definition) is 5. The molecular formula is C22H24N4O3. The third-order valence-corrected chi connectivity index (χ3v) is 4.76. The van der Waals surface area contributed by atoms with Crippen LogP contribution in [0.2, 0.25) is 0 Å². The van der Waals surface area contributed by atoms with Crippen molar-refractivity contribution < 1.29 is 14.3 Å². The lowest BCUT2D eigenvalue weighted by Gasteiger charge is -2.26. The summed E-state index contributed by atoms with van der Waals surface area (Å²) in [6.45, 7) is 4.22. The molecule has 2 heterocycles. The van der Waals surface area contributed by atoms with Crippen LogP contribution in [0.15, 0.2) is 66.9 Å². The van der Waals surface area contributed by atoms with E-state index in [0.29, 0.717) is 24.5 Å². The monoisotopic (exact) mass is 392 g/mol. The lowest BCUT2D eigenvalue weighted by molar-refractivity contribution is 0.0290. The van der Waals surface area contributed by atoms with Crippen LogP contribution in [0, 0.1) is 0 Å². The molecule has 1 N–H and O–H groups in total. The third kappa shape index (κ3) is 5.01. The topological polar surface area (TPSA) is 68.6 Å². The van der Waals surface area contributed by atoms with Crippen molar-refractivity contribution >= 4 is 11.8 Å². The zero-order valence-electron chi connectivity index (χ0n) is 16.2. The number of nitrogens with zero attached hydrogens (tertiary/aromatic N) is 3. The van der Waals surface area contributed by atoms with Crippen LogP contribution in [0.1, 0.15) is 0 Å². The lowest BCUT2D eigenvalue weighted by Crippen LogP contribution is -2.38. The average molecular weight is 392 g/mol. The first-order chi connectivity index (χ1) is 14.3. The SMILES string of the molecule is O=C(Nc1cn(-c2ccccc2)nc1-c1ccccc1)OCCN1CCOCC1. The maximum atomic E-state index is 12.4. The van der Waals surface area contributed by atoms with Gasteiger partial charge in [0.1, 0.15) is 12.3 Å². The second-order valence-corrected chi connectivity index (χ2v) is 6.75. The molecule has 7 heteroatoms. The summed E-state index contributed by atoms with van der Waals surface area (Å²) in [7, 11) is 0. The molecule has 3 aromatic rings. The van der Waals surface area contributed by atoms with Gasteiger partial charge in [-0.2, -0.15) is 5.10 Å². The van der Waals surface area contributed by atoms with E-state index in [0.717, 1.165) is 37.6 Å². The summed E-state index contributed by atoms with van der Waals surface area (Å²) in [5, 5.41) is 7.53. The van der Waals surface area contributed by atoms with Gasteiger partial charge >= 0.3 is 6.09 Å². The Kier molecular flexibility index (Phi) is 6.19. The Balaban J connectivity index is 1.46. The van der Waals surface area contributed by atoms with Gasteiger partial charge in [-0.1, -0.05) is 48.5 Å². The van der Waals surface area contributed by atoms with Crippen LogP contribution in [-0.4, -0.2) is 60.2 Å². The summed E-state index contributed by atoms with van der Waals surface area (Å²) in [4.78, 5) is 14.6. The Bertz CT molecular complexity index is 922. The molecule has 0 aliphatic carbocycles. The smallest absolute Gasteiger partial charge is 0.411 e. The van der Waals surface area contributed by atoms with Crippen molar-refractivity contribution in [2.45, 2.75) is 0 Å². The summed E-state index contributed by atoms with van der Waals surface area (Å²) in [5.74, 6) is 0. The Morgan fingerprint density at radius 1 is 1.03 bits per heavy atom. The molecule has 7 nitrogen and oxygen atoms in total. The molecule has 1 aromatic heterocycles. The van der Waals surface area contributed by atoms with Gasteiger partial charge in [-0.15, -0.1) is 0 Å². The van der Waals surface area contributed by atoms with Crippen molar-refractivity contribution in [1.29, 1.82) is 0 Å². The van der Waals surface area contributed by atoms with Crippen LogP contribution in [0.3, 0.4) is 0 Å². The first-order valence-corrected chi connectivity index (χ1v) is 9.74. The Morgan fingerprint density at radius 2 is 1.72 bits per heavy atom. The molecule has 1 aliphatic rings. The van der Waals surface area contributed by atoms with E-state index in [1.54, 1.807) is 10.9 Å². The highest BCUT2D eigenvalue weighted by Crippen LogP contribution is 2.27. The van der Waals surface area contributed by atoms with Gasteiger partial charge < -0.3 is 9.47 Å². The molecule has 29 heavy (non-hydrogen) atoms. The number of anilines is 1. The van der Waals surface area contributed by atoms with Crippen molar-refractivity contribution in [3.8, 4) is 16.9 Å². The molecule has 1 aliphatic heterocycles. The second kappa shape index (κ2) is 9.36. The number of ether oxygens (including phenoxy) is 2. The van der Waals surface area contributed by atoms with Gasteiger partial charge in [-0.25, -0.2) is 9.48 Å². The van der Waals surface area contributed by atoms with Crippen molar-refractivity contribution in [2.75, 3.05) is 44.8 Å². The molecule has 1 fully saturated rings. The molecule has 0 unspecified atom stereocenters. The highest BCUT2D eigenvalue weighted by Gasteiger charge is 2.16.